The molecule has 0 aromatic carbocycles. The lowest BCUT2D eigenvalue weighted by Crippen LogP contribution is -2.42. The summed E-state index contributed by atoms with van der Waals surface area (Å²) in [6.45, 7) is 5.93. The number of furan rings is 1. The maximum atomic E-state index is 11.6. The van der Waals surface area contributed by atoms with Crippen molar-refractivity contribution in [2.75, 3.05) is 0 Å². The van der Waals surface area contributed by atoms with Crippen molar-refractivity contribution >= 4 is 17.5 Å². The molecule has 3 nitrogen and oxygen atoms in total. The molecule has 1 heterocycles. The van der Waals surface area contributed by atoms with Gasteiger partial charge in [0.25, 0.3) is 5.91 Å². The minimum atomic E-state index is -0.225. The molecule has 0 unspecified atom stereocenters. The van der Waals surface area contributed by atoms with Crippen LogP contribution in [0.5, 0.6) is 0 Å². The Morgan fingerprint density at radius 1 is 1.64 bits per heavy atom. The minimum absolute atomic E-state index is 0.134. The van der Waals surface area contributed by atoms with E-state index in [9.17, 15) is 4.79 Å². The average molecular weight is 216 g/mol. The second-order valence-electron chi connectivity index (χ2n) is 3.80. The third-order valence-corrected chi connectivity index (χ3v) is 2.49. The summed E-state index contributed by atoms with van der Waals surface area (Å²) < 4.78 is 4.84. The van der Waals surface area contributed by atoms with Gasteiger partial charge in [0.05, 0.1) is 11.8 Å². The van der Waals surface area contributed by atoms with E-state index in [1.54, 1.807) is 6.07 Å². The lowest BCUT2D eigenvalue weighted by molar-refractivity contribution is 0.0911. The molecule has 4 heteroatoms. The summed E-state index contributed by atoms with van der Waals surface area (Å²) >= 11 is 5.68. The van der Waals surface area contributed by atoms with E-state index in [2.05, 4.69) is 5.32 Å². The molecule has 0 spiro atoms. The Labute approximate surface area is 88.4 Å². The molecular weight excluding hydrogens is 202 g/mol. The number of rotatable bonds is 3. The second kappa shape index (κ2) is 4.05. The summed E-state index contributed by atoms with van der Waals surface area (Å²) in [5, 5.41) is 3.00. The zero-order valence-corrected chi connectivity index (χ0v) is 9.31. The predicted molar refractivity (Wildman–Crippen MR) is 55.6 cm³/mol. The monoisotopic (exact) mass is 215 g/mol. The molecular formula is C10H14ClNO2. The number of carbonyl (C=O) groups excluding carboxylic acids is 1. The average Bonchev–Trinajstić information content (AvgIpc) is 2.51. The molecule has 0 bridgehead atoms. The van der Waals surface area contributed by atoms with Crippen molar-refractivity contribution in [3.8, 4) is 0 Å². The van der Waals surface area contributed by atoms with E-state index in [-0.39, 0.29) is 16.7 Å². The van der Waals surface area contributed by atoms with Gasteiger partial charge in [-0.3, -0.25) is 4.79 Å². The van der Waals surface area contributed by atoms with Crippen LogP contribution in [-0.2, 0) is 0 Å². The fraction of sp³-hybridized carbons (Fsp3) is 0.500. The number of halogens is 1. The molecule has 1 aromatic heterocycles. The van der Waals surface area contributed by atoms with Crippen molar-refractivity contribution in [2.24, 2.45) is 0 Å². The molecule has 0 radical (unpaired) electrons. The lowest BCUT2D eigenvalue weighted by atomic mass is 10.0. The highest BCUT2D eigenvalue weighted by atomic mass is 35.5. The van der Waals surface area contributed by atoms with Crippen molar-refractivity contribution in [2.45, 2.75) is 32.7 Å². The summed E-state index contributed by atoms with van der Waals surface area (Å²) in [7, 11) is 0. The first kappa shape index (κ1) is 11.1. The van der Waals surface area contributed by atoms with E-state index < -0.39 is 0 Å². The van der Waals surface area contributed by atoms with Crippen LogP contribution in [0.4, 0.5) is 0 Å². The normalized spacial score (nSPS) is 11.4. The van der Waals surface area contributed by atoms with Gasteiger partial charge in [0.2, 0.25) is 5.22 Å². The van der Waals surface area contributed by atoms with Crippen LogP contribution in [0.15, 0.2) is 16.7 Å². The van der Waals surface area contributed by atoms with Crippen molar-refractivity contribution < 1.29 is 9.21 Å². The highest BCUT2D eigenvalue weighted by molar-refractivity contribution is 6.32. The van der Waals surface area contributed by atoms with Crippen molar-refractivity contribution in [1.82, 2.24) is 5.32 Å². The van der Waals surface area contributed by atoms with Gasteiger partial charge in [0.1, 0.15) is 0 Å². The van der Waals surface area contributed by atoms with Crippen LogP contribution < -0.4 is 5.32 Å². The summed E-state index contributed by atoms with van der Waals surface area (Å²) in [5.74, 6) is -0.199. The van der Waals surface area contributed by atoms with Crippen molar-refractivity contribution in [3.63, 3.8) is 0 Å². The molecule has 14 heavy (non-hydrogen) atoms. The van der Waals surface area contributed by atoms with E-state index >= 15 is 0 Å². The second-order valence-corrected chi connectivity index (χ2v) is 4.14. The number of hydrogen-bond acceptors (Lipinski definition) is 2. The van der Waals surface area contributed by atoms with Gasteiger partial charge in [-0.15, -0.1) is 0 Å². The SMILES string of the molecule is CCC(C)(C)NC(=O)c1ccoc1Cl. The molecule has 1 N–H and O–H groups in total. The molecule has 0 aliphatic heterocycles. The summed E-state index contributed by atoms with van der Waals surface area (Å²) in [5.41, 5.74) is 0.158. The van der Waals surface area contributed by atoms with Gasteiger partial charge in [-0.1, -0.05) is 6.92 Å². The van der Waals surface area contributed by atoms with Crippen molar-refractivity contribution in [1.29, 1.82) is 0 Å². The van der Waals surface area contributed by atoms with E-state index in [1.807, 2.05) is 20.8 Å². The smallest absolute Gasteiger partial charge is 0.256 e. The summed E-state index contributed by atoms with van der Waals surface area (Å²) in [4.78, 5) is 11.6. The predicted octanol–water partition coefficient (Wildman–Crippen LogP) is 2.85. The molecule has 0 aliphatic rings. The first-order valence-corrected chi connectivity index (χ1v) is 4.89. The number of hydrogen-bond donors (Lipinski definition) is 1. The standard InChI is InChI=1S/C10H14ClNO2/c1-4-10(2,3)12-9(13)7-5-6-14-8(7)11/h5-6H,4H2,1-3H3,(H,12,13). The highest BCUT2D eigenvalue weighted by Gasteiger charge is 2.21. The van der Waals surface area contributed by atoms with Gasteiger partial charge in [-0.25, -0.2) is 0 Å². The van der Waals surface area contributed by atoms with Gasteiger partial charge in [0, 0.05) is 5.54 Å². The zero-order valence-electron chi connectivity index (χ0n) is 8.56. The first-order chi connectivity index (χ1) is 6.46. The van der Waals surface area contributed by atoms with Gasteiger partial charge in [0.15, 0.2) is 0 Å². The van der Waals surface area contributed by atoms with E-state index in [4.69, 9.17) is 16.0 Å². The van der Waals surface area contributed by atoms with E-state index in [0.717, 1.165) is 6.42 Å². The van der Waals surface area contributed by atoms with Gasteiger partial charge < -0.3 is 9.73 Å². The van der Waals surface area contributed by atoms with Crippen LogP contribution in [-0.4, -0.2) is 11.4 Å². The maximum Gasteiger partial charge on any atom is 0.256 e. The Morgan fingerprint density at radius 3 is 2.71 bits per heavy atom. The molecule has 1 amide bonds. The Morgan fingerprint density at radius 2 is 2.29 bits per heavy atom. The maximum absolute atomic E-state index is 11.6. The van der Waals surface area contributed by atoms with Gasteiger partial charge >= 0.3 is 0 Å². The van der Waals surface area contributed by atoms with E-state index in [0.29, 0.717) is 5.56 Å². The van der Waals surface area contributed by atoms with Gasteiger partial charge in [-0.05, 0) is 37.9 Å². The Balaban J connectivity index is 2.73. The fourth-order valence-corrected chi connectivity index (χ4v) is 1.12. The Kier molecular flexibility index (Phi) is 3.21. The minimum Gasteiger partial charge on any atom is -0.452 e. The van der Waals surface area contributed by atoms with Crippen LogP contribution in [0.1, 0.15) is 37.6 Å². The molecule has 0 saturated carbocycles. The first-order valence-electron chi connectivity index (χ1n) is 4.52. The topological polar surface area (TPSA) is 42.2 Å². The molecule has 0 fully saturated rings. The molecule has 0 saturated heterocycles. The third-order valence-electron chi connectivity index (χ3n) is 2.20. The van der Waals surface area contributed by atoms with Crippen LogP contribution in [0.25, 0.3) is 0 Å². The Bertz CT molecular complexity index is 331. The quantitative estimate of drug-likeness (QED) is 0.843. The number of nitrogens with one attached hydrogen (secondary N) is 1. The number of amides is 1. The Hall–Kier alpha value is -0.960. The molecule has 1 aromatic rings. The largest absolute Gasteiger partial charge is 0.452 e. The third kappa shape index (κ3) is 2.51. The highest BCUT2D eigenvalue weighted by Crippen LogP contribution is 2.18. The van der Waals surface area contributed by atoms with Crippen LogP contribution in [0.2, 0.25) is 5.22 Å². The summed E-state index contributed by atoms with van der Waals surface area (Å²) in [6, 6.07) is 1.56. The van der Waals surface area contributed by atoms with E-state index in [1.165, 1.54) is 6.26 Å². The van der Waals surface area contributed by atoms with Crippen LogP contribution in [0.3, 0.4) is 0 Å². The van der Waals surface area contributed by atoms with Crippen molar-refractivity contribution in [3.05, 3.63) is 23.1 Å². The lowest BCUT2D eigenvalue weighted by Gasteiger charge is -2.24. The van der Waals surface area contributed by atoms with Crippen LogP contribution >= 0.6 is 11.6 Å². The van der Waals surface area contributed by atoms with Crippen LogP contribution in [0, 0.1) is 0 Å². The van der Waals surface area contributed by atoms with Gasteiger partial charge in [-0.2, -0.15) is 0 Å². The molecule has 0 atom stereocenters. The zero-order chi connectivity index (χ0) is 10.8. The molecule has 78 valence electrons. The molecule has 0 aliphatic carbocycles. The number of carbonyl (C=O) groups is 1. The fourth-order valence-electron chi connectivity index (χ4n) is 0.919. The summed E-state index contributed by atoms with van der Waals surface area (Å²) in [6.07, 6.45) is 2.25. The molecule has 1 rings (SSSR count).